The van der Waals surface area contributed by atoms with E-state index in [1.807, 2.05) is 25.3 Å². The van der Waals surface area contributed by atoms with E-state index in [0.717, 1.165) is 30.7 Å². The Morgan fingerprint density at radius 1 is 1.30 bits per heavy atom. The van der Waals surface area contributed by atoms with Crippen molar-refractivity contribution in [1.82, 2.24) is 15.6 Å². The van der Waals surface area contributed by atoms with Gasteiger partial charge in [0.25, 0.3) is 0 Å². The molecule has 2 aliphatic heterocycles. The van der Waals surface area contributed by atoms with Gasteiger partial charge in [-0.1, -0.05) is 18.2 Å². The van der Waals surface area contributed by atoms with Gasteiger partial charge in [-0.3, -0.25) is 15.0 Å². The van der Waals surface area contributed by atoms with E-state index in [1.54, 1.807) is 34.6 Å². The summed E-state index contributed by atoms with van der Waals surface area (Å²) in [4.78, 5) is 28.4. The number of carbonyl (C=O) groups is 2. The molecular weight excluding hydrogens is 456 g/mol. The van der Waals surface area contributed by atoms with Crippen LogP contribution in [0.3, 0.4) is 0 Å². The summed E-state index contributed by atoms with van der Waals surface area (Å²) in [5.74, 6) is 0.279. The largest absolute Gasteiger partial charge is 0.337 e. The quantitative estimate of drug-likeness (QED) is 0.651. The van der Waals surface area contributed by atoms with Gasteiger partial charge in [-0.2, -0.15) is 5.10 Å². The average molecular weight is 483 g/mol. The molecule has 0 spiro atoms. The number of halogens is 1. The second-order valence-corrected chi connectivity index (χ2v) is 9.73. The molecular formula is C25H27ClN4O2S. The number of nitrogens with zero attached hydrogens (tertiary/aromatic N) is 2. The second kappa shape index (κ2) is 9.63. The fraction of sp³-hybridized carbons (Fsp3) is 0.320. The summed E-state index contributed by atoms with van der Waals surface area (Å²) in [6.45, 7) is 4.35. The van der Waals surface area contributed by atoms with Gasteiger partial charge >= 0.3 is 0 Å². The predicted molar refractivity (Wildman–Crippen MR) is 136 cm³/mol. The molecule has 2 unspecified atom stereocenters. The van der Waals surface area contributed by atoms with Gasteiger partial charge in [0.1, 0.15) is 5.70 Å². The zero-order valence-electron chi connectivity index (χ0n) is 18.6. The summed E-state index contributed by atoms with van der Waals surface area (Å²) in [6.07, 6.45) is 7.87. The molecule has 1 saturated heterocycles. The third-order valence-corrected chi connectivity index (χ3v) is 7.84. The number of nitrogens with one attached hydrogen (secondary N) is 2. The minimum Gasteiger partial charge on any atom is -0.337 e. The molecule has 172 valence electrons. The molecule has 1 aromatic carbocycles. The van der Waals surface area contributed by atoms with E-state index in [0.29, 0.717) is 12.2 Å². The van der Waals surface area contributed by atoms with Crippen LogP contribution in [-0.4, -0.2) is 42.9 Å². The summed E-state index contributed by atoms with van der Waals surface area (Å²) >= 11 is 1.74. The van der Waals surface area contributed by atoms with Crippen LogP contribution in [0, 0.1) is 18.8 Å². The third kappa shape index (κ3) is 4.40. The highest BCUT2D eigenvalue weighted by Crippen LogP contribution is 2.38. The Bertz CT molecular complexity index is 1230. The van der Waals surface area contributed by atoms with Crippen LogP contribution in [0.4, 0.5) is 0 Å². The molecule has 8 heteroatoms. The Morgan fingerprint density at radius 2 is 2.12 bits per heavy atom. The van der Waals surface area contributed by atoms with Gasteiger partial charge in [0.05, 0.1) is 12.8 Å². The van der Waals surface area contributed by atoms with Crippen molar-refractivity contribution in [2.75, 3.05) is 20.1 Å². The minimum atomic E-state index is -0.0673. The smallest absolute Gasteiger partial charge is 0.246 e. The number of hydrogen-bond acceptors (Lipinski definition) is 6. The van der Waals surface area contributed by atoms with E-state index in [2.05, 4.69) is 34.9 Å². The molecule has 5 rings (SSSR count). The first-order valence-electron chi connectivity index (χ1n) is 10.9. The Balaban J connectivity index is 0.00000259. The molecule has 2 atom stereocenters. The first-order valence-corrected chi connectivity index (χ1v) is 11.7. The van der Waals surface area contributed by atoms with E-state index >= 15 is 0 Å². The third-order valence-electron chi connectivity index (χ3n) is 6.58. The normalized spacial score (nSPS) is 21.9. The first kappa shape index (κ1) is 23.4. The lowest BCUT2D eigenvalue weighted by atomic mass is 9.85. The van der Waals surface area contributed by atoms with Crippen LogP contribution in [0.5, 0.6) is 0 Å². The molecule has 1 aromatic heterocycles. The standard InChI is InChI=1S/C25H26N4O2S.ClH/c1-15-17-5-3-4-6-21(17)32-22(15)14-29(2)23(30)8-7-16-11-19-20-13-26-10-9-18(20)25(31)24(19)28-27-12-16;/h3-8,11-12,18,20,26,28H,9-10,13-14H2,1-2H3;1H/b8-7+;. The maximum Gasteiger partial charge on any atom is 0.246 e. The Morgan fingerprint density at radius 3 is 2.94 bits per heavy atom. The molecule has 1 amide bonds. The monoisotopic (exact) mass is 482 g/mol. The Hall–Kier alpha value is -2.74. The van der Waals surface area contributed by atoms with E-state index in [-0.39, 0.29) is 35.9 Å². The SMILES string of the molecule is Cc1c(CN(C)C(=O)/C=C/C2=CC3=C(NN=C2)C(=O)C2CCNCC32)sc2ccccc12.Cl. The van der Waals surface area contributed by atoms with Crippen LogP contribution in [-0.2, 0) is 16.1 Å². The lowest BCUT2D eigenvalue weighted by Gasteiger charge is -2.26. The molecule has 1 fully saturated rings. The van der Waals surface area contributed by atoms with Gasteiger partial charge in [-0.05, 0) is 60.2 Å². The zero-order valence-corrected chi connectivity index (χ0v) is 20.3. The lowest BCUT2D eigenvalue weighted by Crippen LogP contribution is -2.37. The number of aryl methyl sites for hydroxylation is 1. The molecule has 2 N–H and O–H groups in total. The molecule has 3 aliphatic rings. The number of carbonyl (C=O) groups excluding carboxylic acids is 2. The summed E-state index contributed by atoms with van der Waals surface area (Å²) in [7, 11) is 1.82. The van der Waals surface area contributed by atoms with Crippen molar-refractivity contribution >= 4 is 51.7 Å². The number of fused-ring (bicyclic) bond motifs is 3. The second-order valence-electron chi connectivity index (χ2n) is 8.59. The van der Waals surface area contributed by atoms with Crippen LogP contribution in [0.1, 0.15) is 16.9 Å². The number of likely N-dealkylation sites (N-methyl/N-ethyl adjacent to an activating group) is 1. The van der Waals surface area contributed by atoms with Crippen molar-refractivity contribution in [3.8, 4) is 0 Å². The summed E-state index contributed by atoms with van der Waals surface area (Å²) in [5.41, 5.74) is 6.57. The van der Waals surface area contributed by atoms with E-state index in [9.17, 15) is 9.59 Å². The predicted octanol–water partition coefficient (Wildman–Crippen LogP) is 3.72. The van der Waals surface area contributed by atoms with Gasteiger partial charge in [-0.25, -0.2) is 0 Å². The summed E-state index contributed by atoms with van der Waals surface area (Å²) in [5, 5.41) is 8.85. The van der Waals surface area contributed by atoms with Crippen molar-refractivity contribution in [2.45, 2.75) is 19.9 Å². The highest BCUT2D eigenvalue weighted by atomic mass is 35.5. The number of thiophene rings is 1. The number of hydrazone groups is 1. The van der Waals surface area contributed by atoms with Crippen LogP contribution < -0.4 is 10.7 Å². The Kier molecular flexibility index (Phi) is 6.83. The van der Waals surface area contributed by atoms with Gasteiger partial charge in [0, 0.05) is 41.1 Å². The number of amides is 1. The number of piperidine rings is 1. The van der Waals surface area contributed by atoms with Gasteiger partial charge in [0.2, 0.25) is 5.91 Å². The van der Waals surface area contributed by atoms with E-state index in [1.165, 1.54) is 20.5 Å². The average Bonchev–Trinajstić information content (AvgIpc) is 3.15. The van der Waals surface area contributed by atoms with Crippen LogP contribution in [0.25, 0.3) is 10.1 Å². The highest BCUT2D eigenvalue weighted by molar-refractivity contribution is 7.19. The van der Waals surface area contributed by atoms with Crippen molar-refractivity contribution in [3.05, 3.63) is 69.8 Å². The molecule has 0 bridgehead atoms. The van der Waals surface area contributed by atoms with Crippen molar-refractivity contribution in [2.24, 2.45) is 16.9 Å². The van der Waals surface area contributed by atoms with Crippen LogP contribution in [0.15, 0.2) is 64.4 Å². The van der Waals surface area contributed by atoms with Crippen molar-refractivity contribution in [1.29, 1.82) is 0 Å². The van der Waals surface area contributed by atoms with Crippen molar-refractivity contribution in [3.63, 3.8) is 0 Å². The van der Waals surface area contributed by atoms with Crippen LogP contribution >= 0.6 is 23.7 Å². The lowest BCUT2D eigenvalue weighted by molar-refractivity contribution is -0.125. The van der Waals surface area contributed by atoms with Gasteiger partial charge in [0.15, 0.2) is 5.78 Å². The first-order chi connectivity index (χ1) is 15.5. The summed E-state index contributed by atoms with van der Waals surface area (Å²) in [6, 6.07) is 8.33. The number of benzene rings is 1. The molecule has 6 nitrogen and oxygen atoms in total. The number of Topliss-reactive ketones (excluding diaryl/α,β-unsaturated/α-hetero) is 1. The highest BCUT2D eigenvalue weighted by Gasteiger charge is 2.42. The number of ketones is 1. The van der Waals surface area contributed by atoms with Gasteiger partial charge < -0.3 is 10.2 Å². The van der Waals surface area contributed by atoms with E-state index in [4.69, 9.17) is 0 Å². The minimum absolute atomic E-state index is 0. The maximum absolute atomic E-state index is 12.8. The molecule has 2 aromatic rings. The maximum atomic E-state index is 12.8. The molecule has 1 aliphatic carbocycles. The molecule has 3 heterocycles. The zero-order chi connectivity index (χ0) is 22.2. The van der Waals surface area contributed by atoms with E-state index < -0.39 is 0 Å². The molecule has 0 radical (unpaired) electrons. The fourth-order valence-corrected chi connectivity index (χ4v) is 6.02. The van der Waals surface area contributed by atoms with Crippen molar-refractivity contribution < 1.29 is 9.59 Å². The number of hydrogen-bond donors (Lipinski definition) is 2. The summed E-state index contributed by atoms with van der Waals surface area (Å²) < 4.78 is 1.24. The number of rotatable bonds is 4. The molecule has 0 saturated carbocycles. The van der Waals surface area contributed by atoms with Gasteiger partial charge in [-0.15, -0.1) is 23.7 Å². The molecule has 33 heavy (non-hydrogen) atoms. The fourth-order valence-electron chi connectivity index (χ4n) is 4.75. The Labute approximate surface area is 203 Å². The topological polar surface area (TPSA) is 73.8 Å². The number of allylic oxidation sites excluding steroid dienone is 4. The van der Waals surface area contributed by atoms with Crippen LogP contribution in [0.2, 0.25) is 0 Å².